The van der Waals surface area contributed by atoms with Crippen molar-refractivity contribution in [2.45, 2.75) is 39.5 Å². The van der Waals surface area contributed by atoms with Gasteiger partial charge < -0.3 is 29.6 Å². The first-order valence-electron chi connectivity index (χ1n) is 20.7. The Bertz CT molecular complexity index is 1680. The zero-order valence-electron chi connectivity index (χ0n) is 36.4. The molecule has 0 spiro atoms. The van der Waals surface area contributed by atoms with Gasteiger partial charge in [-0.1, -0.05) is 109 Å². The van der Waals surface area contributed by atoms with Crippen molar-refractivity contribution in [3.8, 4) is 0 Å². The summed E-state index contributed by atoms with van der Waals surface area (Å²) in [5.41, 5.74) is 0. The number of carboxylic acids is 2. The van der Waals surface area contributed by atoms with Gasteiger partial charge in [-0.25, -0.2) is 0 Å². The van der Waals surface area contributed by atoms with E-state index in [1.54, 1.807) is 0 Å². The Hall–Kier alpha value is -4.96. The Morgan fingerprint density at radius 2 is 0.533 bits per heavy atom. The van der Waals surface area contributed by atoms with Crippen LogP contribution in [0, 0.1) is 0 Å². The fourth-order valence-corrected chi connectivity index (χ4v) is 16.1. The van der Waals surface area contributed by atoms with Gasteiger partial charge in [-0.2, -0.15) is 0 Å². The molecule has 0 amide bonds. The first kappa shape index (κ1) is 49.4. The summed E-state index contributed by atoms with van der Waals surface area (Å²) in [7, 11) is 5.38. The molecule has 6 aromatic rings. The maximum atomic E-state index is 8.89. The van der Waals surface area contributed by atoms with Crippen molar-refractivity contribution >= 4 is 58.3 Å². The van der Waals surface area contributed by atoms with E-state index in [1.165, 1.54) is 69.8 Å². The molecule has 0 fully saturated rings. The van der Waals surface area contributed by atoms with Gasteiger partial charge in [0.2, 0.25) is 0 Å². The second kappa shape index (κ2) is 27.0. The van der Waals surface area contributed by atoms with E-state index in [1.807, 2.05) is 0 Å². The number of hydrogen-bond donors (Lipinski definition) is 0. The molecule has 0 unspecified atom stereocenters. The van der Waals surface area contributed by atoms with E-state index < -0.39 is 26.5 Å². The smallest absolute Gasteiger partial charge is 0.112 e. The Morgan fingerprint density at radius 3 is 0.683 bits per heavy atom. The molecule has 0 aliphatic carbocycles. The van der Waals surface area contributed by atoms with Gasteiger partial charge in [0.15, 0.2) is 0 Å². The normalized spacial score (nSPS) is 10.9. The monoisotopic (exact) mass is 842 g/mol. The highest BCUT2D eigenvalue weighted by Crippen LogP contribution is 2.57. The summed E-state index contributed by atoms with van der Waals surface area (Å²) in [6.45, 7) is 4.25. The van der Waals surface area contributed by atoms with E-state index in [2.05, 4.69) is 220 Å². The lowest BCUT2D eigenvalue weighted by Gasteiger charge is -2.28. The van der Waals surface area contributed by atoms with E-state index in [0.717, 1.165) is 26.9 Å². The van der Waals surface area contributed by atoms with Gasteiger partial charge in [-0.15, -0.1) is 0 Å². The number of unbranched alkanes of at least 4 members (excludes halogenated alkanes) is 2. The van der Waals surface area contributed by atoms with Crippen LogP contribution in [0.15, 0.2) is 182 Å². The molecule has 0 heterocycles. The second-order valence-corrected chi connectivity index (χ2v) is 22.3. The fraction of sp³-hybridized carbons (Fsp3) is 0.269. The first-order valence-corrected chi connectivity index (χ1v) is 24.6. The Balaban J connectivity index is 0.000000272. The van der Waals surface area contributed by atoms with Gasteiger partial charge in [-0.3, -0.25) is 0 Å². The minimum Gasteiger partial charge on any atom is -0.550 e. The molecule has 0 atom stereocenters. The molecule has 0 aliphatic heterocycles. The van der Waals surface area contributed by atoms with Gasteiger partial charge >= 0.3 is 0 Å². The van der Waals surface area contributed by atoms with Crippen molar-refractivity contribution in [1.82, 2.24) is 9.80 Å². The van der Waals surface area contributed by atoms with Crippen molar-refractivity contribution in [2.75, 3.05) is 53.6 Å². The third kappa shape index (κ3) is 15.9. The molecule has 0 aromatic heterocycles. The maximum Gasteiger partial charge on any atom is 0.112 e. The van der Waals surface area contributed by atoms with Crippen LogP contribution >= 0.6 is 14.5 Å². The lowest BCUT2D eigenvalue weighted by Crippen LogP contribution is -2.33. The molecule has 6 rings (SSSR count). The Morgan fingerprint density at radius 1 is 0.367 bits per heavy atom. The number of benzene rings is 6. The quantitative estimate of drug-likeness (QED) is 0.0859. The van der Waals surface area contributed by atoms with Crippen LogP contribution in [0.3, 0.4) is 0 Å². The van der Waals surface area contributed by atoms with E-state index in [0.29, 0.717) is 0 Å². The second-order valence-electron chi connectivity index (χ2n) is 15.1. The summed E-state index contributed by atoms with van der Waals surface area (Å²) in [6.07, 6.45) is 7.40. The van der Waals surface area contributed by atoms with Crippen LogP contribution in [0.1, 0.15) is 39.5 Å². The third-order valence-corrected chi connectivity index (χ3v) is 18.9. The van der Waals surface area contributed by atoms with Crippen molar-refractivity contribution in [3.05, 3.63) is 182 Å². The van der Waals surface area contributed by atoms with Crippen LogP contribution in [0.25, 0.3) is 0 Å². The van der Waals surface area contributed by atoms with Crippen LogP contribution < -0.4 is 42.0 Å². The predicted octanol–water partition coefficient (Wildman–Crippen LogP) is 6.16. The average Bonchev–Trinajstić information content (AvgIpc) is 3.25. The highest BCUT2D eigenvalue weighted by Gasteiger charge is 2.45. The van der Waals surface area contributed by atoms with Crippen LogP contribution in [0.4, 0.5) is 0 Å². The van der Waals surface area contributed by atoms with E-state index in [4.69, 9.17) is 19.8 Å². The zero-order chi connectivity index (χ0) is 43.6. The van der Waals surface area contributed by atoms with Gasteiger partial charge in [0, 0.05) is 11.9 Å². The summed E-state index contributed by atoms with van der Waals surface area (Å²) in [5, 5.41) is 26.7. The maximum absolute atomic E-state index is 8.89. The number of hydrogen-bond acceptors (Lipinski definition) is 6. The van der Waals surface area contributed by atoms with Crippen LogP contribution in [0.5, 0.6) is 0 Å². The van der Waals surface area contributed by atoms with Crippen LogP contribution in [-0.4, -0.2) is 75.3 Å². The molecule has 8 heteroatoms. The lowest BCUT2D eigenvalue weighted by molar-refractivity contribution is -0.303. The van der Waals surface area contributed by atoms with E-state index in [9.17, 15) is 0 Å². The van der Waals surface area contributed by atoms with Gasteiger partial charge in [0.1, 0.15) is 46.4 Å². The number of nitrogens with zero attached hydrogens (tertiary/aromatic N) is 2. The molecule has 6 nitrogen and oxygen atoms in total. The summed E-state index contributed by atoms with van der Waals surface area (Å²) in [4.78, 5) is 22.3. The summed E-state index contributed by atoms with van der Waals surface area (Å²) < 4.78 is 0. The molecule has 0 bridgehead atoms. The Kier molecular flexibility index (Phi) is 22.2. The highest BCUT2D eigenvalue weighted by molar-refractivity contribution is 7.96. The van der Waals surface area contributed by atoms with Gasteiger partial charge in [-0.05, 0) is 154 Å². The average molecular weight is 843 g/mol. The molecule has 0 aliphatic rings. The lowest BCUT2D eigenvalue weighted by atomic mass is 10.3. The molecule has 0 N–H and O–H groups in total. The van der Waals surface area contributed by atoms with Crippen molar-refractivity contribution in [2.24, 2.45) is 0 Å². The van der Waals surface area contributed by atoms with Crippen LogP contribution in [-0.2, 0) is 9.59 Å². The summed E-state index contributed by atoms with van der Waals surface area (Å²) >= 11 is 0. The molecule has 60 heavy (non-hydrogen) atoms. The SMILES string of the molecule is CC(=O)[O-].CC(=O)[O-].CN(C)CCCC[P+](c1ccccc1)(c1ccccc1)c1ccccc1.CN(C)CCCC[P+](c1ccccc1)(c1ccccc1)c1ccccc1. The zero-order valence-corrected chi connectivity index (χ0v) is 38.2. The van der Waals surface area contributed by atoms with Crippen molar-refractivity contribution < 1.29 is 19.8 Å². The summed E-state index contributed by atoms with van der Waals surface area (Å²) in [6, 6.07) is 67.0. The van der Waals surface area contributed by atoms with Gasteiger partial charge in [0.25, 0.3) is 0 Å². The van der Waals surface area contributed by atoms with Crippen LogP contribution in [0.2, 0.25) is 0 Å². The van der Waals surface area contributed by atoms with E-state index in [-0.39, 0.29) is 0 Å². The molecule has 6 aromatic carbocycles. The first-order chi connectivity index (χ1) is 28.9. The molecule has 0 saturated heterocycles. The molecular formula is C52H64N2O4P2. The number of carbonyl (C=O) groups is 2. The minimum absolute atomic E-state index is 0.972. The fourth-order valence-electron chi connectivity index (χ4n) is 7.32. The number of carboxylic acid groups (broad SMARTS) is 2. The largest absolute Gasteiger partial charge is 0.550 e. The predicted molar refractivity (Wildman–Crippen MR) is 257 cm³/mol. The Labute approximate surface area is 361 Å². The standard InChI is InChI=1S/2C24H29NP.2C2H4O2/c2*1-25(2)20-12-13-21-26(22-14-6-3-7-15-22,23-16-8-4-9-17-23)24-18-10-5-11-19-24;2*1-2(3)4/h2*3-11,14-19H,12-13,20-21H2,1-2H3;2*1H3,(H,3,4)/q2*+1;;/p-2. The van der Waals surface area contributed by atoms with Crippen molar-refractivity contribution in [1.29, 1.82) is 0 Å². The third-order valence-electron chi connectivity index (χ3n) is 9.88. The highest BCUT2D eigenvalue weighted by atomic mass is 31.2. The topological polar surface area (TPSA) is 86.7 Å². The molecule has 316 valence electrons. The van der Waals surface area contributed by atoms with E-state index >= 15 is 0 Å². The molecule has 0 saturated carbocycles. The van der Waals surface area contributed by atoms with Crippen molar-refractivity contribution in [3.63, 3.8) is 0 Å². The summed E-state index contributed by atoms with van der Waals surface area (Å²) in [5.74, 6) is -2.17. The minimum atomic E-state index is -1.63. The molecular weight excluding hydrogens is 779 g/mol. The van der Waals surface area contributed by atoms with Gasteiger partial charge in [0.05, 0.1) is 12.3 Å². The number of carbonyl (C=O) groups excluding carboxylic acids is 2. The number of aliphatic carboxylic acids is 2. The molecule has 0 radical (unpaired) electrons. The number of rotatable bonds is 16.